The maximum absolute atomic E-state index is 11.5. The fraction of sp³-hybridized carbons (Fsp3) is 0.235. The lowest BCUT2D eigenvalue weighted by Crippen LogP contribution is -2.16. The number of nitrogens with one attached hydrogen (secondary N) is 1. The van der Waals surface area contributed by atoms with Crippen LogP contribution in [0, 0.1) is 24.2 Å². The number of rotatable bonds is 6. The molecule has 0 heterocycles. The fourth-order valence-electron chi connectivity index (χ4n) is 1.48. The molecule has 2 nitrogen and oxygen atoms in total. The van der Waals surface area contributed by atoms with Gasteiger partial charge in [-0.05, 0) is 36.3 Å². The van der Waals surface area contributed by atoms with Crippen LogP contribution in [0.5, 0.6) is 0 Å². The molecule has 0 saturated carbocycles. The lowest BCUT2D eigenvalue weighted by molar-refractivity contribution is -0.120. The molecule has 96 valence electrons. The van der Waals surface area contributed by atoms with Crippen LogP contribution in [0.15, 0.2) is 36.5 Å². The fourth-order valence-corrected chi connectivity index (χ4v) is 1.48. The van der Waals surface area contributed by atoms with Gasteiger partial charge in [-0.25, -0.2) is 0 Å². The zero-order chi connectivity index (χ0) is 13.8. The Morgan fingerprint density at radius 1 is 1.26 bits per heavy atom. The predicted molar refractivity (Wildman–Crippen MR) is 78.7 cm³/mol. The van der Waals surface area contributed by atoms with Gasteiger partial charge in [-0.3, -0.25) is 4.79 Å². The molecule has 1 aromatic carbocycles. The molecule has 2 heteroatoms. The second-order valence-electron chi connectivity index (χ2n) is 3.96. The van der Waals surface area contributed by atoms with Gasteiger partial charge in [-0.1, -0.05) is 36.3 Å². The van der Waals surface area contributed by atoms with Gasteiger partial charge in [-0.15, -0.1) is 6.42 Å². The second kappa shape index (κ2) is 9.57. The van der Waals surface area contributed by atoms with Gasteiger partial charge in [-0.2, -0.15) is 0 Å². The maximum atomic E-state index is 11.5. The molecule has 0 aliphatic rings. The highest BCUT2D eigenvalue weighted by atomic mass is 16.1. The number of benzene rings is 1. The van der Waals surface area contributed by atoms with E-state index < -0.39 is 0 Å². The summed E-state index contributed by atoms with van der Waals surface area (Å²) in [4.78, 5) is 11.5. The third kappa shape index (κ3) is 7.47. The standard InChI is InChI=1S/C17H17NO/c1-2-3-4-5-6-10-13-17(19)18-15-14-16-11-8-7-9-12-16/h1,7-9,11-12,14-15H,5-6,10,13H2,(H,18,19)/b15-14+. The van der Waals surface area contributed by atoms with Crippen LogP contribution in [0.3, 0.4) is 0 Å². The minimum Gasteiger partial charge on any atom is -0.333 e. The zero-order valence-electron chi connectivity index (χ0n) is 10.9. The molecule has 0 aromatic heterocycles. The van der Waals surface area contributed by atoms with E-state index in [-0.39, 0.29) is 5.91 Å². The molecule has 0 radical (unpaired) electrons. The van der Waals surface area contributed by atoms with Crippen LogP contribution in [-0.4, -0.2) is 5.91 Å². The maximum Gasteiger partial charge on any atom is 0.223 e. The van der Waals surface area contributed by atoms with Gasteiger partial charge in [0.25, 0.3) is 0 Å². The number of hydrogen-bond acceptors (Lipinski definition) is 1. The molecule has 0 aliphatic heterocycles. The van der Waals surface area contributed by atoms with Crippen LogP contribution < -0.4 is 5.32 Å². The number of amides is 1. The molecule has 0 atom stereocenters. The van der Waals surface area contributed by atoms with Gasteiger partial charge < -0.3 is 5.32 Å². The van der Waals surface area contributed by atoms with E-state index in [4.69, 9.17) is 6.42 Å². The Hall–Kier alpha value is -2.45. The summed E-state index contributed by atoms with van der Waals surface area (Å²) >= 11 is 0. The normalized spacial score (nSPS) is 9.42. The first-order valence-corrected chi connectivity index (χ1v) is 6.27. The average Bonchev–Trinajstić information content (AvgIpc) is 2.44. The molecule has 1 aromatic rings. The van der Waals surface area contributed by atoms with Crippen molar-refractivity contribution in [2.45, 2.75) is 25.7 Å². The quantitative estimate of drug-likeness (QED) is 0.611. The van der Waals surface area contributed by atoms with E-state index in [1.54, 1.807) is 6.20 Å². The summed E-state index contributed by atoms with van der Waals surface area (Å²) in [7, 11) is 0. The van der Waals surface area contributed by atoms with Gasteiger partial charge in [0.1, 0.15) is 0 Å². The zero-order valence-corrected chi connectivity index (χ0v) is 10.9. The lowest BCUT2D eigenvalue weighted by Gasteiger charge is -1.99. The minimum atomic E-state index is 0.0251. The second-order valence-corrected chi connectivity index (χ2v) is 3.96. The van der Waals surface area contributed by atoms with Crippen LogP contribution in [0.4, 0.5) is 0 Å². The molecule has 0 bridgehead atoms. The Kier molecular flexibility index (Phi) is 7.36. The number of terminal acetylenes is 1. The summed E-state index contributed by atoms with van der Waals surface area (Å²) in [6, 6.07) is 9.83. The van der Waals surface area contributed by atoms with Crippen LogP contribution in [0.2, 0.25) is 0 Å². The summed E-state index contributed by atoms with van der Waals surface area (Å²) in [5.74, 6) is 7.68. The predicted octanol–water partition coefficient (Wildman–Crippen LogP) is 2.97. The van der Waals surface area contributed by atoms with Crippen molar-refractivity contribution in [1.29, 1.82) is 0 Å². The molecule has 1 N–H and O–H groups in total. The first kappa shape index (κ1) is 14.6. The van der Waals surface area contributed by atoms with Crippen molar-refractivity contribution < 1.29 is 4.79 Å². The van der Waals surface area contributed by atoms with Crippen molar-refractivity contribution in [3.63, 3.8) is 0 Å². The Morgan fingerprint density at radius 2 is 2.05 bits per heavy atom. The third-order valence-corrected chi connectivity index (χ3v) is 2.44. The smallest absolute Gasteiger partial charge is 0.223 e. The van der Waals surface area contributed by atoms with Gasteiger partial charge >= 0.3 is 0 Å². The summed E-state index contributed by atoms with van der Waals surface area (Å²) < 4.78 is 0. The minimum absolute atomic E-state index is 0.0251. The number of unbranched alkanes of at least 4 members (excludes halogenated alkanes) is 2. The molecule has 19 heavy (non-hydrogen) atoms. The monoisotopic (exact) mass is 251 g/mol. The molecule has 0 spiro atoms. The first-order valence-electron chi connectivity index (χ1n) is 6.27. The summed E-state index contributed by atoms with van der Waals surface area (Å²) in [6.45, 7) is 0. The molecule has 0 saturated heterocycles. The summed E-state index contributed by atoms with van der Waals surface area (Å²) in [5.41, 5.74) is 1.06. The number of carbonyl (C=O) groups is 1. The highest BCUT2D eigenvalue weighted by Gasteiger charge is 1.97. The van der Waals surface area contributed by atoms with Crippen molar-refractivity contribution in [2.75, 3.05) is 0 Å². The van der Waals surface area contributed by atoms with Crippen LogP contribution >= 0.6 is 0 Å². The largest absolute Gasteiger partial charge is 0.333 e. The molecular formula is C17H17NO. The summed E-state index contributed by atoms with van der Waals surface area (Å²) in [6.07, 6.45) is 11.5. The van der Waals surface area contributed by atoms with E-state index in [9.17, 15) is 4.79 Å². The van der Waals surface area contributed by atoms with Crippen LogP contribution in [-0.2, 0) is 4.79 Å². The molecule has 1 amide bonds. The highest BCUT2D eigenvalue weighted by Crippen LogP contribution is 2.01. The Morgan fingerprint density at radius 3 is 2.79 bits per heavy atom. The lowest BCUT2D eigenvalue weighted by atomic mass is 10.2. The van der Waals surface area contributed by atoms with E-state index in [0.29, 0.717) is 6.42 Å². The van der Waals surface area contributed by atoms with E-state index in [1.165, 1.54) is 0 Å². The van der Waals surface area contributed by atoms with Gasteiger partial charge in [0.15, 0.2) is 0 Å². The van der Waals surface area contributed by atoms with E-state index >= 15 is 0 Å². The van der Waals surface area contributed by atoms with E-state index in [1.807, 2.05) is 36.4 Å². The molecule has 0 aliphatic carbocycles. The van der Waals surface area contributed by atoms with Gasteiger partial charge in [0.05, 0.1) is 0 Å². The Bertz CT molecular complexity index is 512. The molecule has 0 fully saturated rings. The SMILES string of the molecule is C#CC#CCCCCC(=O)N/C=C/c1ccccc1. The van der Waals surface area contributed by atoms with Crippen molar-refractivity contribution in [3.8, 4) is 24.2 Å². The third-order valence-electron chi connectivity index (χ3n) is 2.44. The van der Waals surface area contributed by atoms with Crippen molar-refractivity contribution >= 4 is 12.0 Å². The van der Waals surface area contributed by atoms with Crippen molar-refractivity contribution in [3.05, 3.63) is 42.1 Å². The number of hydrogen-bond donors (Lipinski definition) is 1. The molecule has 1 rings (SSSR count). The topological polar surface area (TPSA) is 29.1 Å². The van der Waals surface area contributed by atoms with E-state index in [0.717, 1.165) is 24.8 Å². The summed E-state index contributed by atoms with van der Waals surface area (Å²) in [5, 5.41) is 2.75. The first-order chi connectivity index (χ1) is 9.33. The highest BCUT2D eigenvalue weighted by molar-refractivity contribution is 5.77. The molecular weight excluding hydrogens is 234 g/mol. The number of carbonyl (C=O) groups excluding carboxylic acids is 1. The average molecular weight is 251 g/mol. The Labute approximate surface area is 114 Å². The van der Waals surface area contributed by atoms with E-state index in [2.05, 4.69) is 23.1 Å². The van der Waals surface area contributed by atoms with Crippen molar-refractivity contribution in [2.24, 2.45) is 0 Å². The Balaban J connectivity index is 2.15. The van der Waals surface area contributed by atoms with Crippen LogP contribution in [0.1, 0.15) is 31.2 Å². The van der Waals surface area contributed by atoms with Gasteiger partial charge in [0.2, 0.25) is 5.91 Å². The van der Waals surface area contributed by atoms with Gasteiger partial charge in [0, 0.05) is 19.0 Å². The molecule has 0 unspecified atom stereocenters. The van der Waals surface area contributed by atoms with Crippen LogP contribution in [0.25, 0.3) is 6.08 Å². The van der Waals surface area contributed by atoms with Crippen molar-refractivity contribution in [1.82, 2.24) is 5.32 Å².